The first-order valence-corrected chi connectivity index (χ1v) is 9.64. The van der Waals surface area contributed by atoms with Crippen molar-refractivity contribution in [2.75, 3.05) is 0 Å². The molecule has 4 bridgehead atoms. The van der Waals surface area contributed by atoms with E-state index >= 15 is 0 Å². The fraction of sp³-hybridized carbons (Fsp3) is 0.632. The lowest BCUT2D eigenvalue weighted by atomic mass is 9.53. The second-order valence-electron chi connectivity index (χ2n) is 8.32. The molecule has 0 aliphatic heterocycles. The highest BCUT2D eigenvalue weighted by atomic mass is 35.5. The summed E-state index contributed by atoms with van der Waals surface area (Å²) in [6, 6.07) is 4.20. The third kappa shape index (κ3) is 3.27. The maximum atomic E-state index is 12.7. The van der Waals surface area contributed by atoms with Gasteiger partial charge in [-0.15, -0.1) is 0 Å². The van der Waals surface area contributed by atoms with Gasteiger partial charge in [0.1, 0.15) is 0 Å². The molecule has 7 heteroatoms. The van der Waals surface area contributed by atoms with Crippen LogP contribution < -0.4 is 10.1 Å². The van der Waals surface area contributed by atoms with E-state index in [1.807, 2.05) is 0 Å². The summed E-state index contributed by atoms with van der Waals surface area (Å²) in [7, 11) is 0. The van der Waals surface area contributed by atoms with Gasteiger partial charge in [0.05, 0.1) is 4.92 Å². The van der Waals surface area contributed by atoms with Gasteiger partial charge in [-0.25, -0.2) is 0 Å². The number of halogens is 1. The third-order valence-electron chi connectivity index (χ3n) is 6.22. The van der Waals surface area contributed by atoms with Gasteiger partial charge in [-0.3, -0.25) is 14.9 Å². The number of nitro groups is 1. The highest BCUT2D eigenvalue weighted by molar-refractivity contribution is 6.30. The van der Waals surface area contributed by atoms with Crippen LogP contribution in [-0.4, -0.2) is 22.5 Å². The summed E-state index contributed by atoms with van der Waals surface area (Å²) in [6.07, 6.45) is 6.27. The standard InChI is InChI=1S/C19H23ClN2O4/c1-11(26-17-3-2-15(20)7-16(17)22(24)25)18(23)21-19-8-12-4-13(9-19)6-14(5-12)10-19/h2-3,7,11-14H,4-6,8-10H2,1H3,(H,21,23)/t11-,12?,13?,14?,19?/m1/s1. The van der Waals surface area contributed by atoms with E-state index in [0.29, 0.717) is 0 Å². The summed E-state index contributed by atoms with van der Waals surface area (Å²) in [6.45, 7) is 1.63. The molecule has 140 valence electrons. The summed E-state index contributed by atoms with van der Waals surface area (Å²) in [5.74, 6) is 2.06. The number of ether oxygens (including phenoxy) is 1. The van der Waals surface area contributed by atoms with E-state index < -0.39 is 11.0 Å². The van der Waals surface area contributed by atoms with E-state index in [-0.39, 0.29) is 27.9 Å². The Labute approximate surface area is 157 Å². The van der Waals surface area contributed by atoms with Crippen LogP contribution in [0.1, 0.15) is 45.4 Å². The number of nitrogens with zero attached hydrogens (tertiary/aromatic N) is 1. The molecule has 4 fully saturated rings. The van der Waals surface area contributed by atoms with Crippen LogP contribution in [0.25, 0.3) is 0 Å². The quantitative estimate of drug-likeness (QED) is 0.617. The van der Waals surface area contributed by atoms with E-state index in [1.54, 1.807) is 6.92 Å². The maximum Gasteiger partial charge on any atom is 0.312 e. The molecular weight excluding hydrogens is 356 g/mol. The first kappa shape index (κ1) is 17.6. The molecule has 1 aromatic rings. The molecule has 4 aliphatic carbocycles. The van der Waals surface area contributed by atoms with Crippen LogP contribution in [-0.2, 0) is 4.79 Å². The molecule has 0 heterocycles. The average molecular weight is 379 g/mol. The minimum Gasteiger partial charge on any atom is -0.474 e. The van der Waals surface area contributed by atoms with Gasteiger partial charge in [-0.1, -0.05) is 11.6 Å². The Morgan fingerprint density at radius 2 is 1.85 bits per heavy atom. The van der Waals surface area contributed by atoms with Crippen molar-refractivity contribution in [3.05, 3.63) is 33.3 Å². The lowest BCUT2D eigenvalue weighted by molar-refractivity contribution is -0.386. The van der Waals surface area contributed by atoms with Gasteiger partial charge in [0.25, 0.3) is 5.91 Å². The zero-order valence-corrected chi connectivity index (χ0v) is 15.5. The van der Waals surface area contributed by atoms with Crippen LogP contribution in [0.5, 0.6) is 5.75 Å². The predicted molar refractivity (Wildman–Crippen MR) is 97.2 cm³/mol. The van der Waals surface area contributed by atoms with E-state index in [4.69, 9.17) is 16.3 Å². The van der Waals surface area contributed by atoms with Gasteiger partial charge in [0.15, 0.2) is 11.9 Å². The van der Waals surface area contributed by atoms with Gasteiger partial charge in [-0.05, 0) is 75.3 Å². The lowest BCUT2D eigenvalue weighted by Crippen LogP contribution is -2.61. The Morgan fingerprint density at radius 1 is 1.27 bits per heavy atom. The van der Waals surface area contributed by atoms with Crippen molar-refractivity contribution in [2.45, 2.75) is 57.1 Å². The van der Waals surface area contributed by atoms with Gasteiger partial charge in [-0.2, -0.15) is 0 Å². The van der Waals surface area contributed by atoms with Gasteiger partial charge in [0, 0.05) is 16.6 Å². The molecule has 4 aliphatic rings. The summed E-state index contributed by atoms with van der Waals surface area (Å²) in [5, 5.41) is 14.7. The maximum absolute atomic E-state index is 12.7. The monoisotopic (exact) mass is 378 g/mol. The molecule has 6 nitrogen and oxygen atoms in total. The number of hydrogen-bond acceptors (Lipinski definition) is 4. The molecule has 0 unspecified atom stereocenters. The minimum absolute atomic E-state index is 0.0626. The fourth-order valence-corrected chi connectivity index (χ4v) is 5.77. The van der Waals surface area contributed by atoms with Gasteiger partial charge in [0.2, 0.25) is 0 Å². The normalized spacial score (nSPS) is 32.9. The van der Waals surface area contributed by atoms with Crippen molar-refractivity contribution in [1.29, 1.82) is 0 Å². The van der Waals surface area contributed by atoms with Crippen molar-refractivity contribution >= 4 is 23.2 Å². The molecule has 4 saturated carbocycles. The zero-order chi connectivity index (χ0) is 18.5. The zero-order valence-electron chi connectivity index (χ0n) is 14.7. The molecule has 0 spiro atoms. The number of nitrogens with one attached hydrogen (secondary N) is 1. The van der Waals surface area contributed by atoms with E-state index in [9.17, 15) is 14.9 Å². The number of amides is 1. The highest BCUT2D eigenvalue weighted by Gasteiger charge is 2.51. The van der Waals surface area contributed by atoms with Crippen LogP contribution in [0.3, 0.4) is 0 Å². The smallest absolute Gasteiger partial charge is 0.312 e. The van der Waals surface area contributed by atoms with Gasteiger partial charge < -0.3 is 10.1 Å². The topological polar surface area (TPSA) is 81.5 Å². The first-order valence-electron chi connectivity index (χ1n) is 9.26. The Morgan fingerprint density at radius 3 is 2.38 bits per heavy atom. The number of nitro benzene ring substituents is 1. The molecule has 1 amide bonds. The van der Waals surface area contributed by atoms with Crippen LogP contribution in [0, 0.1) is 27.9 Å². The van der Waals surface area contributed by atoms with Crippen LogP contribution in [0.2, 0.25) is 5.02 Å². The molecule has 0 saturated heterocycles. The second kappa shape index (κ2) is 6.41. The van der Waals surface area contributed by atoms with Crippen molar-refractivity contribution in [1.82, 2.24) is 5.32 Å². The van der Waals surface area contributed by atoms with Crippen molar-refractivity contribution in [2.24, 2.45) is 17.8 Å². The number of rotatable bonds is 5. The summed E-state index contributed by atoms with van der Waals surface area (Å²) in [5.41, 5.74) is -0.331. The van der Waals surface area contributed by atoms with Crippen molar-refractivity contribution in [3.63, 3.8) is 0 Å². The van der Waals surface area contributed by atoms with E-state index in [2.05, 4.69) is 5.32 Å². The Hall–Kier alpha value is -1.82. The van der Waals surface area contributed by atoms with E-state index in [0.717, 1.165) is 37.0 Å². The molecule has 1 atom stereocenters. The molecule has 26 heavy (non-hydrogen) atoms. The van der Waals surface area contributed by atoms with E-state index in [1.165, 1.54) is 37.5 Å². The molecule has 5 rings (SSSR count). The fourth-order valence-electron chi connectivity index (χ4n) is 5.60. The predicted octanol–water partition coefficient (Wildman–Crippen LogP) is 4.10. The van der Waals surface area contributed by atoms with Crippen LogP contribution >= 0.6 is 11.6 Å². The number of carbonyl (C=O) groups is 1. The SMILES string of the molecule is C[C@@H](Oc1ccc(Cl)cc1[N+](=O)[O-])C(=O)NC12CC3CC(CC(C3)C1)C2. The number of hydrogen-bond donors (Lipinski definition) is 1. The second-order valence-corrected chi connectivity index (χ2v) is 8.75. The average Bonchev–Trinajstić information content (AvgIpc) is 2.54. The Bertz CT molecular complexity index is 716. The largest absolute Gasteiger partial charge is 0.474 e. The molecule has 0 radical (unpaired) electrons. The first-order chi connectivity index (χ1) is 12.3. The molecule has 1 aromatic carbocycles. The van der Waals surface area contributed by atoms with Crippen molar-refractivity contribution < 1.29 is 14.5 Å². The Kier molecular flexibility index (Phi) is 4.34. The Balaban J connectivity index is 1.45. The van der Waals surface area contributed by atoms with Gasteiger partial charge >= 0.3 is 5.69 Å². The molecule has 0 aromatic heterocycles. The molecule has 1 N–H and O–H groups in total. The highest BCUT2D eigenvalue weighted by Crippen LogP contribution is 2.55. The van der Waals surface area contributed by atoms with Crippen LogP contribution in [0.4, 0.5) is 5.69 Å². The summed E-state index contributed by atoms with van der Waals surface area (Å²) >= 11 is 5.82. The summed E-state index contributed by atoms with van der Waals surface area (Å²) in [4.78, 5) is 23.4. The minimum atomic E-state index is -0.803. The van der Waals surface area contributed by atoms with Crippen molar-refractivity contribution in [3.8, 4) is 5.75 Å². The molecular formula is C19H23ClN2O4. The lowest BCUT2D eigenvalue weighted by Gasteiger charge is -2.57. The number of carbonyl (C=O) groups excluding carboxylic acids is 1. The van der Waals surface area contributed by atoms with Crippen LogP contribution in [0.15, 0.2) is 18.2 Å². The summed E-state index contributed by atoms with van der Waals surface area (Å²) < 4.78 is 5.63. The number of benzene rings is 1. The third-order valence-corrected chi connectivity index (χ3v) is 6.45.